The van der Waals surface area contributed by atoms with Crippen molar-refractivity contribution in [3.05, 3.63) is 12.3 Å². The van der Waals surface area contributed by atoms with Gasteiger partial charge in [0.05, 0.1) is 58.2 Å². The average Bonchev–Trinajstić information content (AvgIpc) is 3.14. The molecule has 0 spiro atoms. The zero-order valence-corrected chi connectivity index (χ0v) is 34.0. The summed E-state index contributed by atoms with van der Waals surface area (Å²) in [4.78, 5) is 47.9. The predicted octanol–water partition coefficient (Wildman–Crippen LogP) is 4.67. The maximum absolute atomic E-state index is 12.6. The molecule has 0 bridgehead atoms. The monoisotopic (exact) mass is 805 g/mol. The Morgan fingerprint density at radius 3 is 1.52 bits per heavy atom. The number of nitrogens with one attached hydrogen (secondary N) is 5. The van der Waals surface area contributed by atoms with E-state index in [2.05, 4.69) is 56.0 Å². The number of carbonyl (C=O) groups excluding carboxylic acids is 4. The minimum atomic E-state index is -0.436. The molecule has 0 fully saturated rings. The van der Waals surface area contributed by atoms with Gasteiger partial charge in [-0.2, -0.15) is 0 Å². The van der Waals surface area contributed by atoms with Crippen LogP contribution in [0.2, 0.25) is 0 Å². The number of carbonyl (C=O) groups is 4. The molecule has 0 aromatic carbocycles. The first-order valence-electron chi connectivity index (χ1n) is 19.7. The lowest BCUT2D eigenvalue weighted by atomic mass is 10.1. The van der Waals surface area contributed by atoms with Crippen LogP contribution in [0.1, 0.15) is 117 Å². The van der Waals surface area contributed by atoms with E-state index in [1.54, 1.807) is 0 Å². The van der Waals surface area contributed by atoms with Crippen molar-refractivity contribution in [1.82, 2.24) is 26.6 Å². The largest absolute Gasteiger partial charge is 0.379 e. The van der Waals surface area contributed by atoms with Crippen molar-refractivity contribution in [3.8, 4) is 0 Å². The molecule has 0 aromatic rings. The molecule has 1 atom stereocenters. The Morgan fingerprint density at radius 1 is 0.538 bits per heavy atom. The van der Waals surface area contributed by atoms with Gasteiger partial charge in [-0.25, -0.2) is 0 Å². The fourth-order valence-corrected chi connectivity index (χ4v) is 5.23. The first-order valence-corrected chi connectivity index (χ1v) is 20.8. The number of rotatable bonds is 39. The Morgan fingerprint density at radius 2 is 1.00 bits per heavy atom. The van der Waals surface area contributed by atoms with Gasteiger partial charge < -0.3 is 45.5 Å². The van der Waals surface area contributed by atoms with E-state index < -0.39 is 6.04 Å². The van der Waals surface area contributed by atoms with Crippen molar-refractivity contribution in [3.63, 3.8) is 0 Å². The molecule has 4 amide bonds. The molecule has 0 rings (SSSR count). The van der Waals surface area contributed by atoms with Crippen LogP contribution in [0.3, 0.4) is 0 Å². The van der Waals surface area contributed by atoms with Crippen molar-refractivity contribution in [2.75, 3.05) is 84.4 Å². The van der Waals surface area contributed by atoms with Crippen LogP contribution in [0, 0.1) is 0 Å². The van der Waals surface area contributed by atoms with Crippen LogP contribution in [0.4, 0.5) is 0 Å². The molecule has 0 aliphatic carbocycles. The van der Waals surface area contributed by atoms with Gasteiger partial charge in [0.2, 0.25) is 23.6 Å². The smallest absolute Gasteiger partial charge is 0.242 e. The summed E-state index contributed by atoms with van der Waals surface area (Å²) >= 11 is 3.11. The quantitative estimate of drug-likeness (QED) is 0.0439. The lowest BCUT2D eigenvalue weighted by Gasteiger charge is -2.20. The van der Waals surface area contributed by atoms with Crippen LogP contribution < -0.4 is 26.6 Å². The van der Waals surface area contributed by atoms with E-state index in [1.165, 1.54) is 57.8 Å². The first-order chi connectivity index (χ1) is 25.3. The molecule has 0 aliphatic heterocycles. The first kappa shape index (κ1) is 49.7. The van der Waals surface area contributed by atoms with Gasteiger partial charge in [-0.05, 0) is 25.7 Å². The molecule has 304 valence electrons. The van der Waals surface area contributed by atoms with Crippen molar-refractivity contribution >= 4 is 39.6 Å². The van der Waals surface area contributed by atoms with E-state index in [-0.39, 0.29) is 42.0 Å². The van der Waals surface area contributed by atoms with Crippen molar-refractivity contribution < 1.29 is 38.1 Å². The summed E-state index contributed by atoms with van der Waals surface area (Å²) in [6.45, 7) is 12.9. The van der Waals surface area contributed by atoms with Crippen molar-refractivity contribution in [2.24, 2.45) is 0 Å². The zero-order valence-electron chi connectivity index (χ0n) is 32.4. The fraction of sp³-hybridized carbons (Fsp3) is 0.842. The lowest BCUT2D eigenvalue weighted by molar-refractivity contribution is -0.123. The van der Waals surface area contributed by atoms with Gasteiger partial charge in [-0.15, -0.1) is 0 Å². The van der Waals surface area contributed by atoms with Gasteiger partial charge in [0, 0.05) is 44.7 Å². The van der Waals surface area contributed by atoms with Gasteiger partial charge in [0.25, 0.3) is 0 Å². The van der Waals surface area contributed by atoms with Crippen LogP contribution in [-0.2, 0) is 38.1 Å². The molecule has 0 saturated heterocycles. The third-order valence-electron chi connectivity index (χ3n) is 8.14. The molecule has 52 heavy (non-hydrogen) atoms. The van der Waals surface area contributed by atoms with Crippen LogP contribution in [0.5, 0.6) is 0 Å². The third kappa shape index (κ3) is 34.8. The van der Waals surface area contributed by atoms with Gasteiger partial charge in [-0.1, -0.05) is 101 Å². The Bertz CT molecular complexity index is 915. The molecule has 0 aliphatic rings. The number of alkyl halides is 1. The second-order valence-corrected chi connectivity index (χ2v) is 13.3. The van der Waals surface area contributed by atoms with Gasteiger partial charge in [0.15, 0.2) is 0 Å². The topological polar surface area (TPSA) is 165 Å². The number of ether oxygens (including phenoxy) is 4. The van der Waals surface area contributed by atoms with E-state index in [1.807, 2.05) is 6.92 Å². The molecule has 13 nitrogen and oxygen atoms in total. The van der Waals surface area contributed by atoms with E-state index in [0.29, 0.717) is 98.1 Å². The highest BCUT2D eigenvalue weighted by atomic mass is 79.9. The molecule has 0 heterocycles. The number of amides is 4. The van der Waals surface area contributed by atoms with Crippen molar-refractivity contribution in [2.45, 2.75) is 123 Å². The summed E-state index contributed by atoms with van der Waals surface area (Å²) in [5, 5.41) is 14.7. The number of halogens is 1. The van der Waals surface area contributed by atoms with Crippen LogP contribution >= 0.6 is 15.9 Å². The average molecular weight is 807 g/mol. The summed E-state index contributed by atoms with van der Waals surface area (Å²) in [5.74, 6) is -0.265. The Hall–Kier alpha value is -2.26. The highest BCUT2D eigenvalue weighted by molar-refractivity contribution is 9.09. The maximum Gasteiger partial charge on any atom is 0.242 e. The lowest BCUT2D eigenvalue weighted by Crippen LogP contribution is -2.45. The number of allylic oxidation sites excluding steroid dienone is 1. The van der Waals surface area contributed by atoms with E-state index in [9.17, 15) is 19.2 Å². The zero-order chi connectivity index (χ0) is 38.3. The number of unbranched alkanes of at least 4 members (excludes halogenated alkanes) is 10. The predicted molar refractivity (Wildman–Crippen MR) is 210 cm³/mol. The summed E-state index contributed by atoms with van der Waals surface area (Å²) < 4.78 is 22.0. The Balaban J connectivity index is 3.57. The number of hydrogen-bond acceptors (Lipinski definition) is 9. The molecule has 5 N–H and O–H groups in total. The second kappa shape index (κ2) is 38.5. The maximum atomic E-state index is 12.6. The minimum Gasteiger partial charge on any atom is -0.379 e. The summed E-state index contributed by atoms with van der Waals surface area (Å²) in [5.41, 5.74) is 0.778. The minimum absolute atomic E-state index is 0.0862. The molecule has 0 saturated carbocycles. The van der Waals surface area contributed by atoms with Gasteiger partial charge >= 0.3 is 0 Å². The van der Waals surface area contributed by atoms with Gasteiger partial charge in [-0.3, -0.25) is 19.2 Å². The number of hydrogen-bond donors (Lipinski definition) is 5. The summed E-state index contributed by atoms with van der Waals surface area (Å²) in [6.07, 6.45) is 16.7. The van der Waals surface area contributed by atoms with E-state index in [0.717, 1.165) is 18.5 Å². The molecular weight excluding hydrogens is 734 g/mol. The SMILES string of the molecule is C=C(CC)NC(CCCNC(=O)CBr)C(=O)NCCOCCOCCC(=O)NCCOCCOCCNC(=O)CCCCCCCCCCCCC. The van der Waals surface area contributed by atoms with Crippen LogP contribution in [0.25, 0.3) is 0 Å². The molecule has 1 unspecified atom stereocenters. The summed E-state index contributed by atoms with van der Waals surface area (Å²) in [6, 6.07) is -0.436. The highest BCUT2D eigenvalue weighted by Crippen LogP contribution is 2.12. The van der Waals surface area contributed by atoms with E-state index >= 15 is 0 Å². The Kier molecular flexibility index (Phi) is 36.8. The molecule has 0 aromatic heterocycles. The third-order valence-corrected chi connectivity index (χ3v) is 8.65. The molecule has 0 radical (unpaired) electrons. The summed E-state index contributed by atoms with van der Waals surface area (Å²) in [7, 11) is 0. The van der Waals surface area contributed by atoms with Crippen LogP contribution in [-0.4, -0.2) is 114 Å². The highest BCUT2D eigenvalue weighted by Gasteiger charge is 2.18. The standard InChI is InChI=1S/C38H72BrN5O8/c1-4-6-7-8-9-10-11-12-13-14-15-18-35(45)41-21-25-50-30-31-51-26-22-42-36(46)19-24-49-28-29-52-27-23-43-38(48)34(44-33(3)5-2)17-16-20-40-37(47)32-39/h34,44H,3-32H2,1-2H3,(H,40,47)(H,41,45)(H,42,46)(H,43,48). The van der Waals surface area contributed by atoms with Crippen LogP contribution in [0.15, 0.2) is 12.3 Å². The molecular formula is C38H72BrN5O8. The molecule has 14 heteroatoms. The Labute approximate surface area is 322 Å². The normalized spacial score (nSPS) is 11.5. The van der Waals surface area contributed by atoms with E-state index in [4.69, 9.17) is 18.9 Å². The van der Waals surface area contributed by atoms with Crippen molar-refractivity contribution in [1.29, 1.82) is 0 Å². The second-order valence-electron chi connectivity index (χ2n) is 12.8. The fourth-order valence-electron chi connectivity index (χ4n) is 5.03. The van der Waals surface area contributed by atoms with Gasteiger partial charge in [0.1, 0.15) is 6.04 Å².